The van der Waals surface area contributed by atoms with Crippen LogP contribution in [0.2, 0.25) is 0 Å². The van der Waals surface area contributed by atoms with Gasteiger partial charge in [-0.1, -0.05) is 31.0 Å². The van der Waals surface area contributed by atoms with Crippen LogP contribution in [0.5, 0.6) is 5.75 Å². The van der Waals surface area contributed by atoms with Crippen molar-refractivity contribution in [2.45, 2.75) is 49.4 Å². The molecule has 1 heterocycles. The number of hydrogen-bond acceptors (Lipinski definition) is 6. The third kappa shape index (κ3) is 4.72. The van der Waals surface area contributed by atoms with Gasteiger partial charge in [-0.3, -0.25) is 4.79 Å². The predicted octanol–water partition coefficient (Wildman–Crippen LogP) is 2.55. The van der Waals surface area contributed by atoms with Crippen molar-refractivity contribution in [2.24, 2.45) is 5.92 Å². The van der Waals surface area contributed by atoms with E-state index >= 15 is 0 Å². The number of carbonyl (C=O) groups is 1. The summed E-state index contributed by atoms with van der Waals surface area (Å²) in [6, 6.07) is 6.60. The van der Waals surface area contributed by atoms with E-state index in [1.165, 1.54) is 43.9 Å². The summed E-state index contributed by atoms with van der Waals surface area (Å²) in [6.45, 7) is 2.61. The summed E-state index contributed by atoms with van der Waals surface area (Å²) >= 11 is 1.32. The molecule has 1 saturated carbocycles. The number of aromatic nitrogens is 4. The van der Waals surface area contributed by atoms with Gasteiger partial charge in [-0.15, -0.1) is 5.10 Å². The largest absolute Gasteiger partial charge is 0.508 e. The minimum Gasteiger partial charge on any atom is -0.508 e. The number of aromatic hydroxyl groups is 1. The molecule has 2 N–H and O–H groups in total. The second-order valence-corrected chi connectivity index (χ2v) is 7.71. The van der Waals surface area contributed by atoms with Gasteiger partial charge in [-0.25, -0.2) is 0 Å². The van der Waals surface area contributed by atoms with Crippen LogP contribution in [0.25, 0.3) is 5.69 Å². The van der Waals surface area contributed by atoms with E-state index in [1.807, 2.05) is 6.92 Å². The fourth-order valence-electron chi connectivity index (χ4n) is 3.00. The molecule has 2 aromatic rings. The fourth-order valence-corrected chi connectivity index (χ4v) is 3.83. The smallest absolute Gasteiger partial charge is 0.233 e. The Morgan fingerprint density at radius 1 is 1.32 bits per heavy atom. The van der Waals surface area contributed by atoms with E-state index in [9.17, 15) is 9.90 Å². The summed E-state index contributed by atoms with van der Waals surface area (Å²) in [6.07, 6.45) is 6.27. The van der Waals surface area contributed by atoms with Crippen LogP contribution in [0.1, 0.15) is 39.0 Å². The Morgan fingerprint density at radius 2 is 2.04 bits per heavy atom. The molecular weight excluding hydrogens is 338 g/mol. The van der Waals surface area contributed by atoms with E-state index in [2.05, 4.69) is 20.8 Å². The number of thioether (sulfide) groups is 1. The molecule has 1 aliphatic carbocycles. The summed E-state index contributed by atoms with van der Waals surface area (Å²) < 4.78 is 1.56. The maximum absolute atomic E-state index is 12.4. The van der Waals surface area contributed by atoms with E-state index < -0.39 is 0 Å². The highest BCUT2D eigenvalue weighted by molar-refractivity contribution is 8.00. The summed E-state index contributed by atoms with van der Waals surface area (Å²) in [5.41, 5.74) is 0.736. The van der Waals surface area contributed by atoms with Crippen molar-refractivity contribution >= 4 is 17.7 Å². The molecule has 134 valence electrons. The number of carbonyl (C=O) groups excluding carboxylic acids is 1. The lowest BCUT2D eigenvalue weighted by Gasteiger charge is -2.22. The summed E-state index contributed by atoms with van der Waals surface area (Å²) in [5.74, 6) is 0.800. The van der Waals surface area contributed by atoms with Gasteiger partial charge in [0.05, 0.1) is 10.9 Å². The zero-order chi connectivity index (χ0) is 17.6. The molecule has 0 radical (unpaired) electrons. The fraction of sp³-hybridized carbons (Fsp3) is 0.529. The highest BCUT2D eigenvalue weighted by Gasteiger charge is 2.21. The van der Waals surface area contributed by atoms with Gasteiger partial charge in [0.2, 0.25) is 11.1 Å². The highest BCUT2D eigenvalue weighted by atomic mass is 32.2. The summed E-state index contributed by atoms with van der Waals surface area (Å²) in [4.78, 5) is 12.4. The van der Waals surface area contributed by atoms with Crippen LogP contribution < -0.4 is 5.32 Å². The molecule has 0 saturated heterocycles. The van der Waals surface area contributed by atoms with Crippen LogP contribution in [0, 0.1) is 5.92 Å². The number of benzene rings is 1. The van der Waals surface area contributed by atoms with E-state index in [0.717, 1.165) is 12.2 Å². The van der Waals surface area contributed by atoms with Gasteiger partial charge in [0.25, 0.3) is 0 Å². The Morgan fingerprint density at radius 3 is 2.76 bits per heavy atom. The van der Waals surface area contributed by atoms with E-state index in [-0.39, 0.29) is 16.9 Å². The number of phenolic OH excluding ortho intramolecular Hbond substituents is 1. The quantitative estimate of drug-likeness (QED) is 0.768. The molecule has 1 fully saturated rings. The average Bonchev–Trinajstić information content (AvgIpc) is 3.09. The normalized spacial score (nSPS) is 16.5. The third-order valence-electron chi connectivity index (χ3n) is 4.48. The number of nitrogens with one attached hydrogen (secondary N) is 1. The molecule has 0 bridgehead atoms. The molecule has 0 unspecified atom stereocenters. The van der Waals surface area contributed by atoms with Gasteiger partial charge in [0, 0.05) is 6.54 Å². The first kappa shape index (κ1) is 17.7. The van der Waals surface area contributed by atoms with Crippen LogP contribution in [0.3, 0.4) is 0 Å². The molecule has 0 aliphatic heterocycles. The Kier molecular flexibility index (Phi) is 5.91. The van der Waals surface area contributed by atoms with Crippen molar-refractivity contribution < 1.29 is 9.90 Å². The lowest BCUT2D eigenvalue weighted by molar-refractivity contribution is -0.120. The first-order valence-corrected chi connectivity index (χ1v) is 9.53. The van der Waals surface area contributed by atoms with Gasteiger partial charge in [0.1, 0.15) is 5.75 Å². The van der Waals surface area contributed by atoms with Crippen LogP contribution in [-0.2, 0) is 4.79 Å². The molecule has 7 nitrogen and oxygen atoms in total. The maximum atomic E-state index is 12.4. The van der Waals surface area contributed by atoms with E-state index in [4.69, 9.17) is 0 Å². The molecule has 8 heteroatoms. The van der Waals surface area contributed by atoms with Crippen LogP contribution in [0.15, 0.2) is 29.4 Å². The molecule has 1 aromatic heterocycles. The molecule has 1 atom stereocenters. The topological polar surface area (TPSA) is 92.9 Å². The lowest BCUT2D eigenvalue weighted by Crippen LogP contribution is -2.35. The zero-order valence-electron chi connectivity index (χ0n) is 14.3. The van der Waals surface area contributed by atoms with Crippen LogP contribution >= 0.6 is 11.8 Å². The number of rotatable bonds is 6. The second kappa shape index (κ2) is 8.33. The lowest BCUT2D eigenvalue weighted by atomic mass is 9.89. The summed E-state index contributed by atoms with van der Waals surface area (Å²) in [7, 11) is 0. The molecule has 1 aromatic carbocycles. The Balaban J connectivity index is 1.57. The van der Waals surface area contributed by atoms with Crippen molar-refractivity contribution in [2.75, 3.05) is 6.54 Å². The Hall–Kier alpha value is -2.09. The monoisotopic (exact) mass is 361 g/mol. The Labute approximate surface area is 151 Å². The maximum Gasteiger partial charge on any atom is 0.233 e. The van der Waals surface area contributed by atoms with Gasteiger partial charge in [0.15, 0.2) is 0 Å². The third-order valence-corrected chi connectivity index (χ3v) is 5.51. The standard InChI is InChI=1S/C17H23N5O2S/c1-12(16(24)18-11-13-5-3-2-4-6-13)25-17-19-20-21-22(17)14-7-9-15(23)10-8-14/h7-10,12-13,23H,2-6,11H2,1H3,(H,18,24)/t12-/m1/s1. The second-order valence-electron chi connectivity index (χ2n) is 6.40. The SMILES string of the molecule is C[C@@H](Sc1nnnn1-c1ccc(O)cc1)C(=O)NCC1CCCCC1. The molecule has 0 spiro atoms. The van der Waals surface area contributed by atoms with E-state index in [0.29, 0.717) is 11.1 Å². The predicted molar refractivity (Wildman–Crippen MR) is 95.7 cm³/mol. The molecule has 3 rings (SSSR count). The van der Waals surface area contributed by atoms with Crippen molar-refractivity contribution in [1.29, 1.82) is 0 Å². The van der Waals surface area contributed by atoms with Crippen molar-refractivity contribution in [3.05, 3.63) is 24.3 Å². The minimum atomic E-state index is -0.287. The molecular formula is C17H23N5O2S. The average molecular weight is 361 g/mol. The van der Waals surface area contributed by atoms with Crippen molar-refractivity contribution in [3.8, 4) is 11.4 Å². The van der Waals surface area contributed by atoms with Crippen molar-refractivity contribution in [3.63, 3.8) is 0 Å². The zero-order valence-corrected chi connectivity index (χ0v) is 15.1. The highest BCUT2D eigenvalue weighted by Crippen LogP contribution is 2.25. The minimum absolute atomic E-state index is 0.0100. The molecule has 1 aliphatic rings. The first-order chi connectivity index (χ1) is 12.1. The number of tetrazole rings is 1. The van der Waals surface area contributed by atoms with Gasteiger partial charge in [-0.05, 0) is 60.4 Å². The number of hydrogen-bond donors (Lipinski definition) is 2. The molecule has 25 heavy (non-hydrogen) atoms. The van der Waals surface area contributed by atoms with Gasteiger partial charge < -0.3 is 10.4 Å². The van der Waals surface area contributed by atoms with E-state index in [1.54, 1.807) is 28.9 Å². The number of amides is 1. The van der Waals surface area contributed by atoms with Crippen LogP contribution in [-0.4, -0.2) is 43.0 Å². The number of nitrogens with zero attached hydrogens (tertiary/aromatic N) is 4. The Bertz CT molecular complexity index is 697. The van der Waals surface area contributed by atoms with Crippen LogP contribution in [0.4, 0.5) is 0 Å². The number of phenols is 1. The first-order valence-electron chi connectivity index (χ1n) is 8.65. The van der Waals surface area contributed by atoms with Crippen molar-refractivity contribution in [1.82, 2.24) is 25.5 Å². The summed E-state index contributed by atoms with van der Waals surface area (Å²) in [5, 5.41) is 24.4. The van der Waals surface area contributed by atoms with Gasteiger partial charge in [-0.2, -0.15) is 4.68 Å². The molecule has 1 amide bonds. The van der Waals surface area contributed by atoms with Gasteiger partial charge >= 0.3 is 0 Å².